The summed E-state index contributed by atoms with van der Waals surface area (Å²) in [5.74, 6) is 2.16. The summed E-state index contributed by atoms with van der Waals surface area (Å²) in [6.45, 7) is 3.05. The van der Waals surface area contributed by atoms with Crippen LogP contribution >= 0.6 is 0 Å². The molecule has 1 fully saturated rings. The Labute approximate surface area is 192 Å². The molecule has 0 aliphatic carbocycles. The van der Waals surface area contributed by atoms with Crippen LogP contribution in [0, 0.1) is 0 Å². The Bertz CT molecular complexity index is 1390. The molecular formula is C26H25N7. The summed E-state index contributed by atoms with van der Waals surface area (Å²) in [4.78, 5) is 21.0. The quantitative estimate of drug-likeness (QED) is 0.421. The van der Waals surface area contributed by atoms with Gasteiger partial charge in [-0.1, -0.05) is 42.5 Å². The molecule has 1 saturated heterocycles. The van der Waals surface area contributed by atoms with Gasteiger partial charge < -0.3 is 5.32 Å². The van der Waals surface area contributed by atoms with Crippen LogP contribution in [-0.2, 0) is 0 Å². The fraction of sp³-hybridized carbons (Fsp3) is 0.231. The maximum Gasteiger partial charge on any atom is 0.233 e. The lowest BCUT2D eigenvalue weighted by Crippen LogP contribution is -2.31. The molecule has 1 unspecified atom stereocenters. The molecule has 5 aromatic rings. The Morgan fingerprint density at radius 1 is 0.909 bits per heavy atom. The largest absolute Gasteiger partial charge is 0.368 e. The van der Waals surface area contributed by atoms with E-state index in [4.69, 9.17) is 9.97 Å². The van der Waals surface area contributed by atoms with Crippen LogP contribution < -0.4 is 5.32 Å². The molecule has 1 atom stereocenters. The first kappa shape index (κ1) is 19.8. The summed E-state index contributed by atoms with van der Waals surface area (Å²) in [7, 11) is 0. The van der Waals surface area contributed by atoms with Crippen LogP contribution in [0.15, 0.2) is 79.4 Å². The number of benzene rings is 2. The van der Waals surface area contributed by atoms with Gasteiger partial charge in [-0.25, -0.2) is 19.9 Å². The molecule has 0 saturated carbocycles. The van der Waals surface area contributed by atoms with E-state index in [0.717, 1.165) is 41.9 Å². The van der Waals surface area contributed by atoms with E-state index >= 15 is 0 Å². The number of hydrogen-bond donors (Lipinski definition) is 1. The number of rotatable bonds is 6. The van der Waals surface area contributed by atoms with E-state index in [1.54, 1.807) is 12.4 Å². The van der Waals surface area contributed by atoms with E-state index in [1.807, 2.05) is 35.0 Å². The fourth-order valence-corrected chi connectivity index (χ4v) is 4.65. The lowest BCUT2D eigenvalue weighted by molar-refractivity contribution is 0.256. The number of para-hydroxylation sites is 1. The molecule has 1 N–H and O–H groups in total. The summed E-state index contributed by atoms with van der Waals surface area (Å²) >= 11 is 0. The van der Waals surface area contributed by atoms with Crippen molar-refractivity contribution in [2.45, 2.75) is 18.9 Å². The van der Waals surface area contributed by atoms with Crippen LogP contribution in [0.2, 0.25) is 0 Å². The molecule has 7 heteroatoms. The van der Waals surface area contributed by atoms with Crippen molar-refractivity contribution in [3.8, 4) is 11.4 Å². The predicted octanol–water partition coefficient (Wildman–Crippen LogP) is 4.59. The van der Waals surface area contributed by atoms with Crippen molar-refractivity contribution in [3.05, 3.63) is 84.9 Å². The van der Waals surface area contributed by atoms with Gasteiger partial charge in [0.1, 0.15) is 5.82 Å². The number of hydrogen-bond acceptors (Lipinski definition) is 6. The van der Waals surface area contributed by atoms with Gasteiger partial charge in [0.05, 0.1) is 17.1 Å². The molecule has 0 bridgehead atoms. The van der Waals surface area contributed by atoms with E-state index in [1.165, 1.54) is 18.4 Å². The Hall–Kier alpha value is -3.84. The second-order valence-electron chi connectivity index (χ2n) is 8.44. The second kappa shape index (κ2) is 8.60. The summed E-state index contributed by atoms with van der Waals surface area (Å²) < 4.78 is 1.89. The minimum atomic E-state index is 0.301. The average molecular weight is 436 g/mol. The van der Waals surface area contributed by atoms with Crippen molar-refractivity contribution < 1.29 is 0 Å². The molecule has 2 aromatic carbocycles. The van der Waals surface area contributed by atoms with Gasteiger partial charge in [0.15, 0.2) is 5.82 Å². The van der Waals surface area contributed by atoms with Gasteiger partial charge >= 0.3 is 0 Å². The van der Waals surface area contributed by atoms with Crippen LogP contribution in [0.1, 0.15) is 24.4 Å². The number of fused-ring (bicyclic) bond motifs is 2. The van der Waals surface area contributed by atoms with Crippen LogP contribution in [0.5, 0.6) is 0 Å². The normalized spacial score (nSPS) is 15.3. The molecule has 7 nitrogen and oxygen atoms in total. The highest BCUT2D eigenvalue weighted by atomic mass is 15.2. The van der Waals surface area contributed by atoms with Crippen molar-refractivity contribution in [2.75, 3.05) is 25.0 Å². The third kappa shape index (κ3) is 3.91. The first-order chi connectivity index (χ1) is 16.3. The van der Waals surface area contributed by atoms with Crippen molar-refractivity contribution in [1.29, 1.82) is 0 Å². The Morgan fingerprint density at radius 3 is 2.61 bits per heavy atom. The Morgan fingerprint density at radius 2 is 1.73 bits per heavy atom. The maximum absolute atomic E-state index is 4.94. The first-order valence-electron chi connectivity index (χ1n) is 11.4. The summed E-state index contributed by atoms with van der Waals surface area (Å²) in [5, 5.41) is 4.69. The number of imidazole rings is 1. The van der Waals surface area contributed by atoms with Gasteiger partial charge in [-0.15, -0.1) is 0 Å². The highest BCUT2D eigenvalue weighted by Gasteiger charge is 2.23. The summed E-state index contributed by atoms with van der Waals surface area (Å²) in [5.41, 5.74) is 3.10. The minimum absolute atomic E-state index is 0.301. The van der Waals surface area contributed by atoms with Crippen LogP contribution in [0.3, 0.4) is 0 Å². The molecule has 0 radical (unpaired) electrons. The first-order valence-corrected chi connectivity index (χ1v) is 11.4. The standard InChI is InChI=1S/C26H25N7/c1-2-8-19(9-3-1)23(32-13-6-7-14-32)17-28-25-21-10-4-5-11-22(21)30-24(31-25)20-16-29-26-27-12-15-33(26)18-20/h1-5,8-12,15-16,18,23H,6-7,13-14,17H2,(H,28,30,31). The van der Waals surface area contributed by atoms with Gasteiger partial charge in [0.25, 0.3) is 0 Å². The molecule has 1 aliphatic rings. The number of likely N-dealkylation sites (tertiary alicyclic amines) is 1. The zero-order valence-electron chi connectivity index (χ0n) is 18.3. The molecule has 164 valence electrons. The lowest BCUT2D eigenvalue weighted by Gasteiger charge is -2.28. The Kier molecular flexibility index (Phi) is 5.16. The van der Waals surface area contributed by atoms with Gasteiger partial charge in [-0.3, -0.25) is 9.30 Å². The Balaban J connectivity index is 1.37. The van der Waals surface area contributed by atoms with Gasteiger partial charge in [-0.2, -0.15) is 0 Å². The average Bonchev–Trinajstić information content (AvgIpc) is 3.57. The van der Waals surface area contributed by atoms with Crippen molar-refractivity contribution in [2.24, 2.45) is 0 Å². The van der Waals surface area contributed by atoms with E-state index in [0.29, 0.717) is 17.6 Å². The monoisotopic (exact) mass is 435 g/mol. The molecule has 0 amide bonds. The van der Waals surface area contributed by atoms with Gasteiger partial charge in [0, 0.05) is 36.7 Å². The highest BCUT2D eigenvalue weighted by molar-refractivity contribution is 5.90. The topological polar surface area (TPSA) is 71.2 Å². The van der Waals surface area contributed by atoms with Crippen molar-refractivity contribution in [1.82, 2.24) is 29.2 Å². The summed E-state index contributed by atoms with van der Waals surface area (Å²) in [6.07, 6.45) is 9.89. The minimum Gasteiger partial charge on any atom is -0.368 e. The highest BCUT2D eigenvalue weighted by Crippen LogP contribution is 2.28. The molecule has 0 spiro atoms. The molecule has 33 heavy (non-hydrogen) atoms. The van der Waals surface area contributed by atoms with E-state index in [2.05, 4.69) is 56.6 Å². The van der Waals surface area contributed by atoms with Gasteiger partial charge in [0.2, 0.25) is 5.78 Å². The molecular weight excluding hydrogens is 410 g/mol. The second-order valence-corrected chi connectivity index (χ2v) is 8.44. The van der Waals surface area contributed by atoms with E-state index in [-0.39, 0.29) is 0 Å². The number of nitrogens with one attached hydrogen (secondary N) is 1. The van der Waals surface area contributed by atoms with Crippen LogP contribution in [0.4, 0.5) is 5.82 Å². The number of anilines is 1. The zero-order chi connectivity index (χ0) is 22.0. The molecule has 1 aliphatic heterocycles. The van der Waals surface area contributed by atoms with Gasteiger partial charge in [-0.05, 0) is 43.6 Å². The van der Waals surface area contributed by atoms with Crippen molar-refractivity contribution >= 4 is 22.5 Å². The van der Waals surface area contributed by atoms with E-state index in [9.17, 15) is 0 Å². The maximum atomic E-state index is 4.94. The lowest BCUT2D eigenvalue weighted by atomic mass is 10.1. The van der Waals surface area contributed by atoms with Crippen LogP contribution in [-0.4, -0.2) is 48.9 Å². The smallest absolute Gasteiger partial charge is 0.233 e. The molecule has 4 heterocycles. The SMILES string of the molecule is c1ccc(C(CNc2nc(-c3cnc4nccn4c3)nc3ccccc23)N2CCCC2)cc1. The van der Waals surface area contributed by atoms with Crippen LogP contribution in [0.25, 0.3) is 28.1 Å². The zero-order valence-corrected chi connectivity index (χ0v) is 18.3. The number of nitrogens with zero attached hydrogens (tertiary/aromatic N) is 6. The third-order valence-electron chi connectivity index (χ3n) is 6.34. The predicted molar refractivity (Wildman–Crippen MR) is 130 cm³/mol. The summed E-state index contributed by atoms with van der Waals surface area (Å²) in [6, 6.07) is 19.2. The third-order valence-corrected chi connectivity index (χ3v) is 6.34. The fourth-order valence-electron chi connectivity index (χ4n) is 4.65. The van der Waals surface area contributed by atoms with E-state index < -0.39 is 0 Å². The molecule has 3 aromatic heterocycles. The van der Waals surface area contributed by atoms with Crippen molar-refractivity contribution in [3.63, 3.8) is 0 Å². The number of aromatic nitrogens is 5. The molecule has 6 rings (SSSR count).